The van der Waals surface area contributed by atoms with Crippen LogP contribution in [0.1, 0.15) is 25.0 Å². The first-order chi connectivity index (χ1) is 7.67. The Morgan fingerprint density at radius 2 is 2.31 bits per heavy atom. The summed E-state index contributed by atoms with van der Waals surface area (Å²) in [7, 11) is 0. The van der Waals surface area contributed by atoms with Crippen LogP contribution in [0, 0.1) is 11.3 Å². The van der Waals surface area contributed by atoms with Gasteiger partial charge in [-0.25, -0.2) is 4.79 Å². The van der Waals surface area contributed by atoms with Crippen molar-refractivity contribution in [2.24, 2.45) is 0 Å². The summed E-state index contributed by atoms with van der Waals surface area (Å²) in [6.07, 6.45) is 1.71. The van der Waals surface area contributed by atoms with Gasteiger partial charge in [0.05, 0.1) is 18.2 Å². The number of hydrogen-bond acceptors (Lipinski definition) is 3. The van der Waals surface area contributed by atoms with E-state index in [9.17, 15) is 4.79 Å². The second kappa shape index (κ2) is 5.72. The minimum Gasteiger partial charge on any atom is -0.463 e. The van der Waals surface area contributed by atoms with Crippen LogP contribution < -0.4 is 0 Å². The van der Waals surface area contributed by atoms with Crippen LogP contribution in [0.4, 0.5) is 0 Å². The van der Waals surface area contributed by atoms with Crippen LogP contribution in [0.25, 0.3) is 6.08 Å². The maximum absolute atomic E-state index is 11.3. The molecular weight excluding hydrogens is 202 g/mol. The zero-order chi connectivity index (χ0) is 12.0. The van der Waals surface area contributed by atoms with E-state index in [0.29, 0.717) is 17.7 Å². The fourth-order valence-corrected chi connectivity index (χ4v) is 1.25. The molecule has 0 heterocycles. The monoisotopic (exact) mass is 215 g/mol. The maximum atomic E-state index is 11.3. The number of hydrogen-bond donors (Lipinski definition) is 0. The Labute approximate surface area is 95.0 Å². The van der Waals surface area contributed by atoms with Gasteiger partial charge < -0.3 is 4.74 Å². The molecule has 0 N–H and O–H groups in total. The first kappa shape index (κ1) is 12.0. The summed E-state index contributed by atoms with van der Waals surface area (Å²) >= 11 is 0. The third-order valence-corrected chi connectivity index (χ3v) is 2.00. The third-order valence-electron chi connectivity index (χ3n) is 2.00. The van der Waals surface area contributed by atoms with E-state index in [2.05, 4.69) is 0 Å². The molecule has 0 saturated heterocycles. The molecule has 0 unspecified atom stereocenters. The van der Waals surface area contributed by atoms with E-state index < -0.39 is 0 Å². The summed E-state index contributed by atoms with van der Waals surface area (Å²) in [6.45, 7) is 3.82. The third kappa shape index (κ3) is 3.25. The molecule has 0 aliphatic carbocycles. The molecule has 0 atom stereocenters. The van der Waals surface area contributed by atoms with Gasteiger partial charge in [0.2, 0.25) is 0 Å². The number of carbonyl (C=O) groups is 1. The summed E-state index contributed by atoms with van der Waals surface area (Å²) in [5.74, 6) is -0.329. The van der Waals surface area contributed by atoms with E-state index in [1.807, 2.05) is 12.1 Å². The molecule has 0 aromatic heterocycles. The van der Waals surface area contributed by atoms with Gasteiger partial charge in [-0.3, -0.25) is 0 Å². The SMILES string of the molecule is CCOC(=O)/C(C)=C\c1cccc(C#N)c1. The summed E-state index contributed by atoms with van der Waals surface area (Å²) in [4.78, 5) is 11.3. The number of benzene rings is 1. The topological polar surface area (TPSA) is 50.1 Å². The van der Waals surface area contributed by atoms with Crippen molar-refractivity contribution in [2.45, 2.75) is 13.8 Å². The number of rotatable bonds is 3. The number of nitriles is 1. The minimum atomic E-state index is -0.329. The lowest BCUT2D eigenvalue weighted by Gasteiger charge is -2.01. The second-order valence-corrected chi connectivity index (χ2v) is 3.29. The molecule has 82 valence electrons. The normalized spacial score (nSPS) is 10.7. The molecule has 1 aromatic rings. The van der Waals surface area contributed by atoms with Crippen LogP contribution in [0.2, 0.25) is 0 Å². The lowest BCUT2D eigenvalue weighted by atomic mass is 10.1. The van der Waals surface area contributed by atoms with Crippen LogP contribution in [0.3, 0.4) is 0 Å². The fraction of sp³-hybridized carbons (Fsp3) is 0.231. The Hall–Kier alpha value is -2.08. The highest BCUT2D eigenvalue weighted by atomic mass is 16.5. The van der Waals surface area contributed by atoms with Crippen molar-refractivity contribution in [1.82, 2.24) is 0 Å². The molecule has 0 amide bonds. The summed E-state index contributed by atoms with van der Waals surface area (Å²) in [5, 5.41) is 8.73. The molecule has 0 saturated carbocycles. The molecule has 1 aromatic carbocycles. The molecule has 0 fully saturated rings. The number of carbonyl (C=O) groups excluding carboxylic acids is 1. The molecule has 0 radical (unpaired) electrons. The Morgan fingerprint density at radius 1 is 1.56 bits per heavy atom. The Balaban J connectivity index is 2.90. The minimum absolute atomic E-state index is 0.329. The van der Waals surface area contributed by atoms with Gasteiger partial charge in [-0.2, -0.15) is 5.26 Å². The molecule has 0 spiro atoms. The van der Waals surface area contributed by atoms with Gasteiger partial charge in [0.15, 0.2) is 0 Å². The summed E-state index contributed by atoms with van der Waals surface area (Å²) < 4.78 is 4.86. The highest BCUT2D eigenvalue weighted by molar-refractivity contribution is 5.93. The van der Waals surface area contributed by atoms with Crippen molar-refractivity contribution in [3.63, 3.8) is 0 Å². The smallest absolute Gasteiger partial charge is 0.333 e. The standard InChI is InChI=1S/C13H13NO2/c1-3-16-13(15)10(2)7-11-5-4-6-12(8-11)9-14/h4-8H,3H2,1-2H3/b10-7-. The van der Waals surface area contributed by atoms with Crippen LogP contribution in [0.15, 0.2) is 29.8 Å². The lowest BCUT2D eigenvalue weighted by molar-refractivity contribution is -0.138. The highest BCUT2D eigenvalue weighted by Crippen LogP contribution is 2.10. The average molecular weight is 215 g/mol. The maximum Gasteiger partial charge on any atom is 0.333 e. The van der Waals surface area contributed by atoms with Crippen LogP contribution in [0.5, 0.6) is 0 Å². The summed E-state index contributed by atoms with van der Waals surface area (Å²) in [6, 6.07) is 9.11. The lowest BCUT2D eigenvalue weighted by Crippen LogP contribution is -2.04. The van der Waals surface area contributed by atoms with E-state index in [0.717, 1.165) is 5.56 Å². The quantitative estimate of drug-likeness (QED) is 0.575. The van der Waals surface area contributed by atoms with E-state index in [1.165, 1.54) is 0 Å². The first-order valence-corrected chi connectivity index (χ1v) is 5.03. The largest absolute Gasteiger partial charge is 0.463 e. The first-order valence-electron chi connectivity index (χ1n) is 5.03. The Kier molecular flexibility index (Phi) is 4.28. The van der Waals surface area contributed by atoms with Crippen molar-refractivity contribution in [3.8, 4) is 6.07 Å². The van der Waals surface area contributed by atoms with Crippen LogP contribution in [-0.4, -0.2) is 12.6 Å². The predicted molar refractivity (Wildman–Crippen MR) is 61.4 cm³/mol. The van der Waals surface area contributed by atoms with E-state index in [-0.39, 0.29) is 5.97 Å². The van der Waals surface area contributed by atoms with Gasteiger partial charge in [-0.1, -0.05) is 12.1 Å². The molecule has 0 bridgehead atoms. The summed E-state index contributed by atoms with van der Waals surface area (Å²) in [5.41, 5.74) is 1.92. The van der Waals surface area contributed by atoms with E-state index in [4.69, 9.17) is 10.00 Å². The zero-order valence-electron chi connectivity index (χ0n) is 9.36. The Morgan fingerprint density at radius 3 is 2.94 bits per heavy atom. The predicted octanol–water partition coefficient (Wildman–Crippen LogP) is 2.52. The fourth-order valence-electron chi connectivity index (χ4n) is 1.25. The van der Waals surface area contributed by atoms with Gasteiger partial charge in [-0.05, 0) is 37.6 Å². The second-order valence-electron chi connectivity index (χ2n) is 3.29. The van der Waals surface area contributed by atoms with Gasteiger partial charge in [0.25, 0.3) is 0 Å². The van der Waals surface area contributed by atoms with Gasteiger partial charge in [0.1, 0.15) is 0 Å². The number of esters is 1. The average Bonchev–Trinajstić information content (AvgIpc) is 2.29. The van der Waals surface area contributed by atoms with Gasteiger partial charge in [-0.15, -0.1) is 0 Å². The number of nitrogens with zero attached hydrogens (tertiary/aromatic N) is 1. The number of ether oxygens (including phenoxy) is 1. The molecule has 0 aliphatic heterocycles. The van der Waals surface area contributed by atoms with Crippen molar-refractivity contribution in [3.05, 3.63) is 41.0 Å². The van der Waals surface area contributed by atoms with E-state index >= 15 is 0 Å². The highest BCUT2D eigenvalue weighted by Gasteiger charge is 2.04. The van der Waals surface area contributed by atoms with Crippen molar-refractivity contribution < 1.29 is 9.53 Å². The van der Waals surface area contributed by atoms with Crippen molar-refractivity contribution >= 4 is 12.0 Å². The molecule has 16 heavy (non-hydrogen) atoms. The molecule has 1 rings (SSSR count). The van der Waals surface area contributed by atoms with Crippen LogP contribution in [-0.2, 0) is 9.53 Å². The molecule has 3 heteroatoms. The molecular formula is C13H13NO2. The Bertz CT molecular complexity index is 455. The van der Waals surface area contributed by atoms with Crippen molar-refractivity contribution in [1.29, 1.82) is 5.26 Å². The van der Waals surface area contributed by atoms with Gasteiger partial charge in [0, 0.05) is 5.57 Å². The zero-order valence-corrected chi connectivity index (χ0v) is 9.36. The van der Waals surface area contributed by atoms with E-state index in [1.54, 1.807) is 38.1 Å². The van der Waals surface area contributed by atoms with Crippen molar-refractivity contribution in [2.75, 3.05) is 6.61 Å². The van der Waals surface area contributed by atoms with Crippen LogP contribution >= 0.6 is 0 Å². The molecule has 3 nitrogen and oxygen atoms in total. The molecule has 0 aliphatic rings. The van der Waals surface area contributed by atoms with Gasteiger partial charge >= 0.3 is 5.97 Å².